The van der Waals surface area contributed by atoms with E-state index in [0.717, 1.165) is 11.7 Å². The van der Waals surface area contributed by atoms with Crippen LogP contribution in [0.2, 0.25) is 0 Å². The van der Waals surface area contributed by atoms with E-state index in [1.165, 1.54) is 5.56 Å². The van der Waals surface area contributed by atoms with Gasteiger partial charge in [0.15, 0.2) is 15.8 Å². The molecule has 1 heterocycles. The molecule has 1 atom stereocenters. The maximum Gasteiger partial charge on any atom is 0.193 e. The number of sulfone groups is 1. The zero-order chi connectivity index (χ0) is 20.2. The Kier molecular flexibility index (Phi) is 6.75. The Morgan fingerprint density at radius 1 is 1.33 bits per heavy atom. The van der Waals surface area contributed by atoms with Crippen LogP contribution in [0.25, 0.3) is 0 Å². The number of methoxy groups -OCH3 is 1. The lowest BCUT2D eigenvalue weighted by Gasteiger charge is -2.39. The summed E-state index contributed by atoms with van der Waals surface area (Å²) >= 11 is 0. The van der Waals surface area contributed by atoms with Crippen molar-refractivity contribution in [1.82, 2.24) is 15.1 Å². The maximum atomic E-state index is 12.2. The first-order chi connectivity index (χ1) is 12.6. The molecule has 1 aromatic rings. The van der Waals surface area contributed by atoms with Gasteiger partial charge < -0.3 is 19.9 Å². The lowest BCUT2D eigenvalue weighted by molar-refractivity contribution is 0.291. The lowest BCUT2D eigenvalue weighted by atomic mass is 10.1. The molecule has 1 aliphatic rings. The third-order valence-electron chi connectivity index (χ3n) is 5.13. The minimum absolute atomic E-state index is 0.147. The number of ether oxygens (including phenoxy) is 1. The third-order valence-corrected chi connectivity index (χ3v) is 7.67. The van der Waals surface area contributed by atoms with Gasteiger partial charge in [0.1, 0.15) is 5.75 Å². The number of likely N-dealkylation sites (N-methyl/N-ethyl adjacent to an activating group) is 1. The molecule has 2 rings (SSSR count). The monoisotopic (exact) mass is 396 g/mol. The topological polar surface area (TPSA) is 74.2 Å². The molecule has 7 nitrogen and oxygen atoms in total. The average molecular weight is 397 g/mol. The second-order valence-electron chi connectivity index (χ2n) is 7.68. The van der Waals surface area contributed by atoms with E-state index in [1.54, 1.807) is 28.0 Å². The first-order valence-electron chi connectivity index (χ1n) is 9.09. The molecule has 1 unspecified atom stereocenters. The van der Waals surface area contributed by atoms with Crippen molar-refractivity contribution in [2.75, 3.05) is 53.6 Å². The van der Waals surface area contributed by atoms with Gasteiger partial charge in [0.25, 0.3) is 0 Å². The molecule has 0 radical (unpaired) electrons. The molecule has 0 spiro atoms. The second-order valence-corrected chi connectivity index (χ2v) is 10.4. The minimum atomic E-state index is -3.07. The fourth-order valence-electron chi connectivity index (χ4n) is 3.27. The molecule has 1 aliphatic heterocycles. The number of hydrogen-bond acceptors (Lipinski definition) is 5. The largest absolute Gasteiger partial charge is 0.497 e. The molecule has 0 aliphatic carbocycles. The molecule has 0 aromatic heterocycles. The average Bonchev–Trinajstić information content (AvgIpc) is 2.61. The smallest absolute Gasteiger partial charge is 0.193 e. The van der Waals surface area contributed by atoms with Gasteiger partial charge in [-0.15, -0.1) is 0 Å². The zero-order valence-electron chi connectivity index (χ0n) is 17.2. The summed E-state index contributed by atoms with van der Waals surface area (Å²) in [4.78, 5) is 8.55. The van der Waals surface area contributed by atoms with E-state index in [4.69, 9.17) is 4.74 Å². The molecule has 0 bridgehead atoms. The van der Waals surface area contributed by atoms with Crippen molar-refractivity contribution in [2.45, 2.75) is 24.6 Å². The van der Waals surface area contributed by atoms with Crippen LogP contribution in [0.1, 0.15) is 25.5 Å². The first-order valence-corrected chi connectivity index (χ1v) is 10.7. The van der Waals surface area contributed by atoms with Crippen molar-refractivity contribution in [2.24, 2.45) is 4.99 Å². The van der Waals surface area contributed by atoms with Crippen molar-refractivity contribution < 1.29 is 13.2 Å². The van der Waals surface area contributed by atoms with Gasteiger partial charge in [-0.2, -0.15) is 0 Å². The second kappa shape index (κ2) is 8.48. The normalized spacial score (nSPS) is 20.4. The number of nitrogens with one attached hydrogen (secondary N) is 1. The Morgan fingerprint density at radius 2 is 1.96 bits per heavy atom. The molecule has 0 saturated carbocycles. The molecule has 0 amide bonds. The molecule has 1 saturated heterocycles. The van der Waals surface area contributed by atoms with Crippen molar-refractivity contribution in [3.05, 3.63) is 29.8 Å². The van der Waals surface area contributed by atoms with E-state index in [9.17, 15) is 8.42 Å². The van der Waals surface area contributed by atoms with E-state index in [0.29, 0.717) is 19.6 Å². The SMILES string of the molecule is CN=C(NCC(c1ccc(OC)cc1)N(C)C)N1CCS(=O)(=O)C(C)(C)C1. The van der Waals surface area contributed by atoms with Crippen molar-refractivity contribution in [1.29, 1.82) is 0 Å². The summed E-state index contributed by atoms with van der Waals surface area (Å²) in [7, 11) is 4.39. The van der Waals surface area contributed by atoms with Crippen molar-refractivity contribution in [3.63, 3.8) is 0 Å². The highest BCUT2D eigenvalue weighted by atomic mass is 32.2. The van der Waals surface area contributed by atoms with Crippen LogP contribution in [0.15, 0.2) is 29.3 Å². The van der Waals surface area contributed by atoms with Gasteiger partial charge in [-0.1, -0.05) is 12.1 Å². The Hall–Kier alpha value is -1.80. The third kappa shape index (κ3) is 4.93. The molecule has 1 aromatic carbocycles. The Balaban J connectivity index is 2.08. The molecular formula is C19H32N4O3S. The van der Waals surface area contributed by atoms with Crippen LogP contribution in [0.5, 0.6) is 5.75 Å². The summed E-state index contributed by atoms with van der Waals surface area (Å²) in [5.74, 6) is 1.71. The summed E-state index contributed by atoms with van der Waals surface area (Å²) in [6.45, 7) is 5.12. The number of benzene rings is 1. The highest BCUT2D eigenvalue weighted by Gasteiger charge is 2.41. The standard InChI is InChI=1S/C19H32N4O3S/c1-19(2)14-23(11-12-27(19,24)25)18(20-3)21-13-17(22(4)5)15-7-9-16(26-6)10-8-15/h7-10,17H,11-14H2,1-6H3,(H,20,21). The van der Waals surface area contributed by atoms with Crippen LogP contribution >= 0.6 is 0 Å². The lowest BCUT2D eigenvalue weighted by Crippen LogP contribution is -2.57. The van der Waals surface area contributed by atoms with E-state index < -0.39 is 14.6 Å². The van der Waals surface area contributed by atoms with E-state index in [-0.39, 0.29) is 11.8 Å². The molecule has 27 heavy (non-hydrogen) atoms. The van der Waals surface area contributed by atoms with E-state index >= 15 is 0 Å². The number of hydrogen-bond donors (Lipinski definition) is 1. The van der Waals surface area contributed by atoms with Gasteiger partial charge >= 0.3 is 0 Å². The quantitative estimate of drug-likeness (QED) is 0.599. The Morgan fingerprint density at radius 3 is 2.44 bits per heavy atom. The Labute approximate surface area is 163 Å². The van der Waals surface area contributed by atoms with Crippen LogP contribution < -0.4 is 10.1 Å². The van der Waals surface area contributed by atoms with Gasteiger partial charge in [0, 0.05) is 26.7 Å². The zero-order valence-corrected chi connectivity index (χ0v) is 18.0. The number of nitrogens with zero attached hydrogens (tertiary/aromatic N) is 3. The number of guanidine groups is 1. The summed E-state index contributed by atoms with van der Waals surface area (Å²) in [5, 5.41) is 3.42. The van der Waals surface area contributed by atoms with Crippen LogP contribution in [-0.2, 0) is 9.84 Å². The molecular weight excluding hydrogens is 364 g/mol. The fourth-order valence-corrected chi connectivity index (χ4v) is 4.64. The minimum Gasteiger partial charge on any atom is -0.497 e. The van der Waals surface area contributed by atoms with Crippen LogP contribution in [0.3, 0.4) is 0 Å². The Bertz CT molecular complexity index is 758. The van der Waals surface area contributed by atoms with Crippen molar-refractivity contribution in [3.8, 4) is 5.75 Å². The summed E-state index contributed by atoms with van der Waals surface area (Å²) in [6, 6.07) is 8.18. The van der Waals surface area contributed by atoms with Gasteiger partial charge in [-0.25, -0.2) is 8.42 Å². The first kappa shape index (κ1) is 21.5. The molecule has 152 valence electrons. The van der Waals surface area contributed by atoms with Gasteiger partial charge in [0.05, 0.1) is 23.7 Å². The van der Waals surface area contributed by atoms with Gasteiger partial charge in [0.2, 0.25) is 0 Å². The highest BCUT2D eigenvalue weighted by molar-refractivity contribution is 7.92. The maximum absolute atomic E-state index is 12.2. The molecule has 8 heteroatoms. The number of aliphatic imine (C=N–C) groups is 1. The highest BCUT2D eigenvalue weighted by Crippen LogP contribution is 2.24. The number of rotatable bonds is 5. The molecule has 1 fully saturated rings. The van der Waals surface area contributed by atoms with E-state index in [2.05, 4.69) is 27.3 Å². The van der Waals surface area contributed by atoms with Crippen LogP contribution in [0, 0.1) is 0 Å². The van der Waals surface area contributed by atoms with Gasteiger partial charge in [-0.3, -0.25) is 4.99 Å². The summed E-state index contributed by atoms with van der Waals surface area (Å²) in [6.07, 6.45) is 0. The fraction of sp³-hybridized carbons (Fsp3) is 0.632. The van der Waals surface area contributed by atoms with E-state index in [1.807, 2.05) is 31.1 Å². The predicted octanol–water partition coefficient (Wildman–Crippen LogP) is 1.38. The van der Waals surface area contributed by atoms with Crippen LogP contribution in [-0.4, -0.2) is 82.6 Å². The molecule has 1 N–H and O–H groups in total. The predicted molar refractivity (Wildman–Crippen MR) is 110 cm³/mol. The van der Waals surface area contributed by atoms with Crippen molar-refractivity contribution >= 4 is 15.8 Å². The summed E-state index contributed by atoms with van der Waals surface area (Å²) in [5.41, 5.74) is 1.17. The van der Waals surface area contributed by atoms with Gasteiger partial charge in [-0.05, 0) is 45.6 Å². The summed E-state index contributed by atoms with van der Waals surface area (Å²) < 4.78 is 29.0. The van der Waals surface area contributed by atoms with Crippen LogP contribution in [0.4, 0.5) is 0 Å².